The molecule has 0 radical (unpaired) electrons. The Hall–Kier alpha value is -3.21. The number of aliphatic carboxylic acids is 1. The second-order valence-electron chi connectivity index (χ2n) is 13.0. The molecule has 4 bridgehead atoms. The number of hydrogen-bond acceptors (Lipinski definition) is 6. The third-order valence-corrected chi connectivity index (χ3v) is 10.9. The van der Waals surface area contributed by atoms with Crippen LogP contribution in [0, 0.1) is 23.7 Å². The van der Waals surface area contributed by atoms with Crippen LogP contribution < -0.4 is 10.2 Å². The van der Waals surface area contributed by atoms with Crippen LogP contribution in [0.4, 0.5) is 24.8 Å². The van der Waals surface area contributed by atoms with Crippen LogP contribution >= 0.6 is 0 Å². The molecule has 1 spiro atoms. The maximum atomic E-state index is 14.5. The summed E-state index contributed by atoms with van der Waals surface area (Å²) in [6.07, 6.45) is 2.01. The Bertz CT molecular complexity index is 1410. The van der Waals surface area contributed by atoms with Crippen LogP contribution in [0.2, 0.25) is 0 Å². The molecule has 2 N–H and O–H groups in total. The number of rotatable bonds is 5. The van der Waals surface area contributed by atoms with Gasteiger partial charge in [0.1, 0.15) is 5.54 Å². The van der Waals surface area contributed by atoms with Gasteiger partial charge in [0.05, 0.1) is 5.56 Å². The van der Waals surface area contributed by atoms with Crippen molar-refractivity contribution in [3.05, 3.63) is 46.8 Å². The van der Waals surface area contributed by atoms with Crippen molar-refractivity contribution in [2.24, 2.45) is 23.7 Å². The third-order valence-electron chi connectivity index (χ3n) is 10.9. The van der Waals surface area contributed by atoms with E-state index in [1.165, 1.54) is 0 Å². The number of halogens is 3. The number of aromatic nitrogens is 2. The molecule has 3 heterocycles. The third kappa shape index (κ3) is 4.13. The molecule has 6 aliphatic rings. The summed E-state index contributed by atoms with van der Waals surface area (Å²) in [4.78, 5) is 36.3. The van der Waals surface area contributed by atoms with Gasteiger partial charge in [-0.25, -0.2) is 14.8 Å². The van der Waals surface area contributed by atoms with E-state index in [0.717, 1.165) is 48.7 Å². The minimum atomic E-state index is -4.95. The lowest BCUT2D eigenvalue weighted by molar-refractivity contribution is -0.163. The minimum absolute atomic E-state index is 0.129. The van der Waals surface area contributed by atoms with Crippen molar-refractivity contribution in [1.82, 2.24) is 15.3 Å². The van der Waals surface area contributed by atoms with Gasteiger partial charge in [-0.1, -0.05) is 19.1 Å². The Morgan fingerprint density at radius 2 is 1.76 bits per heavy atom. The Morgan fingerprint density at radius 3 is 2.36 bits per heavy atom. The second kappa shape index (κ2) is 9.65. The first-order valence-electron chi connectivity index (χ1n) is 15.0. The van der Waals surface area contributed by atoms with Crippen LogP contribution in [-0.2, 0) is 27.5 Å². The van der Waals surface area contributed by atoms with Crippen molar-refractivity contribution in [3.63, 3.8) is 0 Å². The predicted molar refractivity (Wildman–Crippen MR) is 146 cm³/mol. The zero-order chi connectivity index (χ0) is 29.4. The molecular weight excluding hydrogens is 549 g/mol. The summed E-state index contributed by atoms with van der Waals surface area (Å²) in [5.41, 5.74) is -0.998. The number of amides is 1. The molecule has 0 unspecified atom stereocenters. The fourth-order valence-electron chi connectivity index (χ4n) is 8.98. The second-order valence-corrected chi connectivity index (χ2v) is 13.0. The average Bonchev–Trinajstić information content (AvgIpc) is 3.26. The van der Waals surface area contributed by atoms with Gasteiger partial charge in [-0.2, -0.15) is 13.2 Å². The molecule has 1 aromatic carbocycles. The van der Waals surface area contributed by atoms with Crippen LogP contribution in [0.1, 0.15) is 79.0 Å². The van der Waals surface area contributed by atoms with E-state index in [9.17, 15) is 27.9 Å². The molecule has 4 saturated carbocycles. The summed E-state index contributed by atoms with van der Waals surface area (Å²) in [6.45, 7) is 3.60. The zero-order valence-electron chi connectivity index (χ0n) is 23.5. The number of alkyl halides is 3. The van der Waals surface area contributed by atoms with Crippen molar-refractivity contribution in [2.75, 3.05) is 24.7 Å². The Morgan fingerprint density at radius 1 is 1.10 bits per heavy atom. The fourth-order valence-corrected chi connectivity index (χ4v) is 8.98. The lowest BCUT2D eigenvalue weighted by Crippen LogP contribution is -2.70. The number of fused-ring (bicyclic) bond motifs is 2. The molecule has 8 nitrogen and oxygen atoms in total. The number of hydrogen-bond donors (Lipinski definition) is 2. The highest BCUT2D eigenvalue weighted by Crippen LogP contribution is 2.58. The number of nitrogens with zero attached hydrogens (tertiary/aromatic N) is 3. The summed E-state index contributed by atoms with van der Waals surface area (Å²) < 4.78 is 49.2. The lowest BCUT2D eigenvalue weighted by atomic mass is 9.48. The van der Waals surface area contributed by atoms with Crippen molar-refractivity contribution >= 4 is 23.5 Å². The van der Waals surface area contributed by atoms with E-state index in [-0.39, 0.29) is 23.2 Å². The monoisotopic (exact) mass is 584 g/mol. The van der Waals surface area contributed by atoms with E-state index >= 15 is 0 Å². The molecular formula is C31H35F3N4O4. The Labute approximate surface area is 242 Å². The average molecular weight is 585 g/mol. The molecule has 224 valence electrons. The quantitative estimate of drug-likeness (QED) is 0.494. The maximum absolute atomic E-state index is 14.5. The van der Waals surface area contributed by atoms with E-state index in [2.05, 4.69) is 28.3 Å². The Balaban J connectivity index is 1.25. The molecule has 2 aromatic rings. The van der Waals surface area contributed by atoms with Gasteiger partial charge in [0.15, 0.2) is 5.69 Å². The topological polar surface area (TPSA) is 105 Å². The number of benzene rings is 1. The number of carboxylic acid groups (broad SMARTS) is 1. The highest BCUT2D eigenvalue weighted by molar-refractivity contribution is 5.99. The summed E-state index contributed by atoms with van der Waals surface area (Å²) >= 11 is 0. The molecule has 5 fully saturated rings. The van der Waals surface area contributed by atoms with E-state index in [0.29, 0.717) is 57.3 Å². The maximum Gasteiger partial charge on any atom is 0.434 e. The highest BCUT2D eigenvalue weighted by atomic mass is 19.4. The van der Waals surface area contributed by atoms with Crippen molar-refractivity contribution in [2.45, 2.75) is 75.4 Å². The molecule has 11 heteroatoms. The van der Waals surface area contributed by atoms with Gasteiger partial charge in [-0.05, 0) is 92.2 Å². The predicted octanol–water partition coefficient (Wildman–Crippen LogP) is 5.27. The number of carbonyl (C=O) groups excluding carboxylic acids is 1. The standard InChI is InChI=1S/C31H35F3N4O4/c1-2-17-3-4-24-23(14-17)29(5-7-42-8-6-29)16-38(24)28-35-15-22(25(36-28)31(32,33)34)26(39)37-30(27(40)41)20-10-18-9-19(12-20)13-21(30)11-18/h3-4,14-15,18-21H,2,5-13,16H2,1H3,(H,37,39)(H,40,41). The summed E-state index contributed by atoms with van der Waals surface area (Å²) in [5, 5.41) is 13.0. The van der Waals surface area contributed by atoms with Crippen molar-refractivity contribution in [1.29, 1.82) is 0 Å². The van der Waals surface area contributed by atoms with E-state index in [4.69, 9.17) is 4.74 Å². The lowest BCUT2D eigenvalue weighted by Gasteiger charge is -2.59. The van der Waals surface area contributed by atoms with E-state index < -0.39 is 34.8 Å². The first-order chi connectivity index (χ1) is 20.0. The molecule has 1 aromatic heterocycles. The van der Waals surface area contributed by atoms with Gasteiger partial charge in [-0.3, -0.25) is 4.79 Å². The van der Waals surface area contributed by atoms with Crippen LogP contribution in [-0.4, -0.2) is 52.2 Å². The highest BCUT2D eigenvalue weighted by Gasteiger charge is 2.62. The van der Waals surface area contributed by atoms with Crippen LogP contribution in [0.25, 0.3) is 0 Å². The molecule has 2 aliphatic heterocycles. The number of carbonyl (C=O) groups is 2. The van der Waals surface area contributed by atoms with Gasteiger partial charge in [0.25, 0.3) is 5.91 Å². The van der Waals surface area contributed by atoms with E-state index in [1.54, 1.807) is 4.90 Å². The van der Waals surface area contributed by atoms with Gasteiger partial charge in [0, 0.05) is 37.1 Å². The van der Waals surface area contributed by atoms with Crippen LogP contribution in [0.3, 0.4) is 0 Å². The molecule has 42 heavy (non-hydrogen) atoms. The smallest absolute Gasteiger partial charge is 0.434 e. The minimum Gasteiger partial charge on any atom is -0.479 e. The molecule has 1 saturated heterocycles. The summed E-state index contributed by atoms with van der Waals surface area (Å²) in [7, 11) is 0. The number of aryl methyl sites for hydroxylation is 1. The molecule has 0 atom stereocenters. The normalized spacial score (nSPS) is 30.9. The number of carboxylic acids is 1. The first-order valence-corrected chi connectivity index (χ1v) is 15.0. The summed E-state index contributed by atoms with van der Waals surface area (Å²) in [5.74, 6) is -2.14. The molecule has 4 aliphatic carbocycles. The number of ether oxygens (including phenoxy) is 1. The number of anilines is 2. The van der Waals surface area contributed by atoms with Gasteiger partial charge in [0.2, 0.25) is 5.95 Å². The van der Waals surface area contributed by atoms with Crippen LogP contribution in [0.5, 0.6) is 0 Å². The van der Waals surface area contributed by atoms with E-state index in [1.807, 2.05) is 12.1 Å². The van der Waals surface area contributed by atoms with Crippen LogP contribution in [0.15, 0.2) is 24.4 Å². The SMILES string of the molecule is CCc1ccc2c(c1)C1(CCOCC1)CN2c1ncc(C(=O)NC2(C(=O)O)C3CC4CC(C3)CC2C4)c(C(F)(F)F)n1. The largest absolute Gasteiger partial charge is 0.479 e. The fraction of sp³-hybridized carbons (Fsp3) is 0.613. The first kappa shape index (κ1) is 27.6. The van der Waals surface area contributed by atoms with Crippen molar-refractivity contribution in [3.8, 4) is 0 Å². The zero-order valence-corrected chi connectivity index (χ0v) is 23.5. The van der Waals surface area contributed by atoms with Gasteiger partial charge < -0.3 is 20.1 Å². The number of nitrogens with one attached hydrogen (secondary N) is 1. The van der Waals surface area contributed by atoms with Crippen molar-refractivity contribution < 1.29 is 32.6 Å². The molecule has 1 amide bonds. The summed E-state index contributed by atoms with van der Waals surface area (Å²) in [6, 6.07) is 6.01. The van der Waals surface area contributed by atoms with Gasteiger partial charge in [-0.15, -0.1) is 0 Å². The Kier molecular flexibility index (Phi) is 6.35. The van der Waals surface area contributed by atoms with Gasteiger partial charge >= 0.3 is 12.1 Å². The molecule has 8 rings (SSSR count).